The Morgan fingerprint density at radius 1 is 1.25 bits per heavy atom. The van der Waals surface area contributed by atoms with Crippen molar-refractivity contribution >= 4 is 21.6 Å². The predicted octanol–water partition coefficient (Wildman–Crippen LogP) is 3.05. The first-order valence-corrected chi connectivity index (χ1v) is 10.3. The summed E-state index contributed by atoms with van der Waals surface area (Å²) in [7, 11) is -2.19. The van der Waals surface area contributed by atoms with Crippen molar-refractivity contribution in [3.8, 4) is 5.75 Å². The minimum absolute atomic E-state index is 0.119. The van der Waals surface area contributed by atoms with Crippen LogP contribution in [0, 0.1) is 5.92 Å². The molecule has 1 heterocycles. The molecule has 2 atom stereocenters. The maximum Gasteiger partial charge on any atom is 0.243 e. The van der Waals surface area contributed by atoms with Crippen LogP contribution in [0.1, 0.15) is 38.5 Å². The Balaban J connectivity index is 1.90. The third kappa shape index (κ3) is 3.43. The molecule has 0 spiro atoms. The topological polar surface area (TPSA) is 66.8 Å². The molecule has 1 aliphatic carbocycles. The van der Waals surface area contributed by atoms with Gasteiger partial charge in [0.15, 0.2) is 0 Å². The largest absolute Gasteiger partial charge is 0.495 e. The number of aliphatic hydroxyl groups excluding tert-OH is 1. The molecule has 7 heteroatoms. The molecule has 0 amide bonds. The van der Waals surface area contributed by atoms with Crippen molar-refractivity contribution in [2.24, 2.45) is 5.92 Å². The molecule has 0 aromatic heterocycles. The van der Waals surface area contributed by atoms with Crippen LogP contribution in [0.25, 0.3) is 0 Å². The molecule has 0 bridgehead atoms. The first-order valence-electron chi connectivity index (χ1n) is 8.47. The number of β-amino-alcohol motifs (C(OH)–C–C–N with tert-alkyl or cyclic N) is 1. The Labute approximate surface area is 148 Å². The van der Waals surface area contributed by atoms with Gasteiger partial charge in [-0.1, -0.05) is 30.9 Å². The van der Waals surface area contributed by atoms with Crippen LogP contribution in [0.15, 0.2) is 23.1 Å². The fourth-order valence-electron chi connectivity index (χ4n) is 3.98. The summed E-state index contributed by atoms with van der Waals surface area (Å²) in [6.07, 6.45) is 5.49. The lowest BCUT2D eigenvalue weighted by Crippen LogP contribution is -2.40. The lowest BCUT2D eigenvalue weighted by molar-refractivity contribution is 0.185. The summed E-state index contributed by atoms with van der Waals surface area (Å²) in [6, 6.07) is 4.39. The number of halogens is 1. The molecule has 1 saturated heterocycles. The van der Waals surface area contributed by atoms with E-state index in [1.54, 1.807) is 6.07 Å². The number of hydrogen-bond donors (Lipinski definition) is 1. The summed E-state index contributed by atoms with van der Waals surface area (Å²) in [4.78, 5) is 0.156. The van der Waals surface area contributed by atoms with Gasteiger partial charge in [0, 0.05) is 12.6 Å². The SMILES string of the molecule is COc1ccc(S(=O)(=O)N2C[C@@H](O)C[C@@H]2C2CCCCC2)cc1Cl. The zero-order chi connectivity index (χ0) is 17.3. The van der Waals surface area contributed by atoms with Gasteiger partial charge in [0.2, 0.25) is 10.0 Å². The molecule has 24 heavy (non-hydrogen) atoms. The third-order valence-electron chi connectivity index (χ3n) is 5.20. The number of methoxy groups -OCH3 is 1. The van der Waals surface area contributed by atoms with E-state index in [2.05, 4.69) is 0 Å². The molecule has 2 aliphatic rings. The van der Waals surface area contributed by atoms with Gasteiger partial charge in [0.1, 0.15) is 5.75 Å². The smallest absolute Gasteiger partial charge is 0.243 e. The van der Waals surface area contributed by atoms with E-state index in [4.69, 9.17) is 16.3 Å². The van der Waals surface area contributed by atoms with Crippen molar-refractivity contribution in [2.45, 2.75) is 55.6 Å². The molecule has 1 aromatic rings. The molecule has 2 fully saturated rings. The number of aliphatic hydroxyl groups is 1. The summed E-state index contributed by atoms with van der Waals surface area (Å²) in [5.41, 5.74) is 0. The van der Waals surface area contributed by atoms with Gasteiger partial charge in [0.25, 0.3) is 0 Å². The third-order valence-corrected chi connectivity index (χ3v) is 7.38. The summed E-state index contributed by atoms with van der Waals surface area (Å²) in [5.74, 6) is 0.778. The normalized spacial score (nSPS) is 26.6. The Kier molecular flexibility index (Phi) is 5.39. The predicted molar refractivity (Wildman–Crippen MR) is 92.9 cm³/mol. The Morgan fingerprint density at radius 2 is 1.96 bits per heavy atom. The van der Waals surface area contributed by atoms with Crippen molar-refractivity contribution in [3.05, 3.63) is 23.2 Å². The van der Waals surface area contributed by atoms with Crippen LogP contribution in [-0.4, -0.2) is 43.6 Å². The van der Waals surface area contributed by atoms with Crippen LogP contribution < -0.4 is 4.74 Å². The van der Waals surface area contributed by atoms with Crippen LogP contribution in [-0.2, 0) is 10.0 Å². The number of benzene rings is 1. The van der Waals surface area contributed by atoms with Gasteiger partial charge in [-0.25, -0.2) is 8.42 Å². The molecule has 1 saturated carbocycles. The Bertz CT molecular complexity index is 688. The van der Waals surface area contributed by atoms with E-state index in [9.17, 15) is 13.5 Å². The molecular formula is C17H24ClNO4S. The lowest BCUT2D eigenvalue weighted by Gasteiger charge is -2.33. The van der Waals surface area contributed by atoms with Crippen molar-refractivity contribution in [1.82, 2.24) is 4.31 Å². The summed E-state index contributed by atoms with van der Waals surface area (Å²) >= 11 is 6.10. The highest BCUT2D eigenvalue weighted by molar-refractivity contribution is 7.89. The first kappa shape index (κ1) is 18.0. The van der Waals surface area contributed by atoms with E-state index >= 15 is 0 Å². The fraction of sp³-hybridized carbons (Fsp3) is 0.647. The molecule has 1 aliphatic heterocycles. The van der Waals surface area contributed by atoms with E-state index < -0.39 is 16.1 Å². The zero-order valence-corrected chi connectivity index (χ0v) is 15.4. The highest BCUT2D eigenvalue weighted by Gasteiger charge is 2.43. The van der Waals surface area contributed by atoms with Gasteiger partial charge in [-0.15, -0.1) is 0 Å². The van der Waals surface area contributed by atoms with Crippen molar-refractivity contribution in [1.29, 1.82) is 0 Å². The molecule has 1 N–H and O–H groups in total. The van der Waals surface area contributed by atoms with Gasteiger partial charge in [-0.2, -0.15) is 4.31 Å². The number of ether oxygens (including phenoxy) is 1. The van der Waals surface area contributed by atoms with E-state index in [-0.39, 0.29) is 22.5 Å². The van der Waals surface area contributed by atoms with Crippen LogP contribution in [0.5, 0.6) is 5.75 Å². The van der Waals surface area contributed by atoms with Crippen LogP contribution >= 0.6 is 11.6 Å². The Hall–Kier alpha value is -0.820. The quantitative estimate of drug-likeness (QED) is 0.880. The van der Waals surface area contributed by atoms with Gasteiger partial charge in [-0.3, -0.25) is 0 Å². The first-order chi connectivity index (χ1) is 11.4. The highest BCUT2D eigenvalue weighted by atomic mass is 35.5. The number of hydrogen-bond acceptors (Lipinski definition) is 4. The van der Waals surface area contributed by atoms with Crippen LogP contribution in [0.2, 0.25) is 5.02 Å². The molecule has 1 aromatic carbocycles. The van der Waals surface area contributed by atoms with E-state index in [1.807, 2.05) is 0 Å². The number of nitrogens with zero attached hydrogens (tertiary/aromatic N) is 1. The monoisotopic (exact) mass is 373 g/mol. The highest BCUT2D eigenvalue weighted by Crippen LogP contribution is 2.38. The maximum absolute atomic E-state index is 13.1. The minimum Gasteiger partial charge on any atom is -0.495 e. The van der Waals surface area contributed by atoms with Gasteiger partial charge >= 0.3 is 0 Å². The second-order valence-electron chi connectivity index (χ2n) is 6.73. The second-order valence-corrected chi connectivity index (χ2v) is 9.02. The van der Waals surface area contributed by atoms with Gasteiger partial charge < -0.3 is 9.84 Å². The number of sulfonamides is 1. The van der Waals surface area contributed by atoms with E-state index in [0.717, 1.165) is 25.7 Å². The molecule has 3 rings (SSSR count). The second kappa shape index (κ2) is 7.20. The van der Waals surface area contributed by atoms with E-state index in [0.29, 0.717) is 18.1 Å². The van der Waals surface area contributed by atoms with Crippen LogP contribution in [0.3, 0.4) is 0 Å². The van der Waals surface area contributed by atoms with Crippen molar-refractivity contribution < 1.29 is 18.3 Å². The zero-order valence-electron chi connectivity index (χ0n) is 13.8. The average molecular weight is 374 g/mol. The summed E-state index contributed by atoms with van der Waals surface area (Å²) in [6.45, 7) is 0.160. The van der Waals surface area contributed by atoms with Gasteiger partial charge in [0.05, 0.1) is 23.1 Å². The molecule has 5 nitrogen and oxygen atoms in total. The summed E-state index contributed by atoms with van der Waals surface area (Å²) < 4.78 is 32.8. The average Bonchev–Trinajstić information content (AvgIpc) is 2.98. The molecular weight excluding hydrogens is 350 g/mol. The fourth-order valence-corrected chi connectivity index (χ4v) is 6.06. The summed E-state index contributed by atoms with van der Waals surface area (Å²) in [5, 5.41) is 10.4. The van der Waals surface area contributed by atoms with E-state index in [1.165, 1.54) is 30.0 Å². The molecule has 134 valence electrons. The minimum atomic E-state index is -3.68. The standard InChI is InChI=1S/C17H24ClNO4S/c1-23-17-8-7-14(10-15(17)18)24(21,22)19-11-13(20)9-16(19)12-5-3-2-4-6-12/h7-8,10,12-13,16,20H,2-6,9,11H2,1H3/t13-,16+/m0/s1. The Morgan fingerprint density at radius 3 is 2.58 bits per heavy atom. The maximum atomic E-state index is 13.1. The molecule has 0 unspecified atom stereocenters. The van der Waals surface area contributed by atoms with Crippen molar-refractivity contribution in [3.63, 3.8) is 0 Å². The molecule has 0 radical (unpaired) electrons. The van der Waals surface area contributed by atoms with Gasteiger partial charge in [-0.05, 0) is 43.4 Å². The van der Waals surface area contributed by atoms with Crippen LogP contribution in [0.4, 0.5) is 0 Å². The lowest BCUT2D eigenvalue weighted by atomic mass is 9.83. The number of rotatable bonds is 4. The van der Waals surface area contributed by atoms with Crippen molar-refractivity contribution in [2.75, 3.05) is 13.7 Å².